The summed E-state index contributed by atoms with van der Waals surface area (Å²) in [5.41, 5.74) is 3.01. The number of carbonyl (C=O) groups excluding carboxylic acids is 1. The van der Waals surface area contributed by atoms with E-state index in [0.29, 0.717) is 17.8 Å². The van der Waals surface area contributed by atoms with E-state index < -0.39 is 29.7 Å². The number of oxazole rings is 1. The van der Waals surface area contributed by atoms with Crippen LogP contribution in [0.4, 0.5) is 8.78 Å². The molecule has 2 aromatic carbocycles. The number of hydrogen-bond acceptors (Lipinski definition) is 5. The van der Waals surface area contributed by atoms with E-state index in [4.69, 9.17) is 4.42 Å². The zero-order valence-corrected chi connectivity index (χ0v) is 18.1. The van der Waals surface area contributed by atoms with Crippen molar-refractivity contribution in [3.05, 3.63) is 88.6 Å². The number of aliphatic hydroxyl groups excluding tert-OH is 1. The van der Waals surface area contributed by atoms with E-state index in [9.17, 15) is 18.7 Å². The Morgan fingerprint density at radius 3 is 2.50 bits per heavy atom. The van der Waals surface area contributed by atoms with Crippen LogP contribution in [-0.2, 0) is 19.4 Å². The minimum absolute atomic E-state index is 0.0250. The van der Waals surface area contributed by atoms with E-state index in [1.54, 1.807) is 6.92 Å². The van der Waals surface area contributed by atoms with Crippen LogP contribution < -0.4 is 10.6 Å². The lowest BCUT2D eigenvalue weighted by Crippen LogP contribution is -2.48. The Bertz CT molecular complexity index is 1030. The van der Waals surface area contributed by atoms with Gasteiger partial charge in [0.05, 0.1) is 17.8 Å². The molecule has 170 valence electrons. The van der Waals surface area contributed by atoms with Gasteiger partial charge in [0.1, 0.15) is 11.6 Å². The minimum Gasteiger partial charge on any atom is -0.438 e. The van der Waals surface area contributed by atoms with Gasteiger partial charge in [0.15, 0.2) is 6.39 Å². The number of benzene rings is 2. The van der Waals surface area contributed by atoms with Crippen molar-refractivity contribution in [2.45, 2.75) is 45.4 Å². The van der Waals surface area contributed by atoms with Crippen LogP contribution in [0.2, 0.25) is 0 Å². The van der Waals surface area contributed by atoms with Crippen molar-refractivity contribution in [3.8, 4) is 0 Å². The highest BCUT2D eigenvalue weighted by atomic mass is 19.1. The summed E-state index contributed by atoms with van der Waals surface area (Å²) in [6, 6.07) is 10.4. The van der Waals surface area contributed by atoms with Gasteiger partial charge in [-0.05, 0) is 48.6 Å². The lowest BCUT2D eigenvalue weighted by Gasteiger charge is -2.24. The number of rotatable bonds is 10. The predicted molar refractivity (Wildman–Crippen MR) is 116 cm³/mol. The van der Waals surface area contributed by atoms with Crippen molar-refractivity contribution in [3.63, 3.8) is 0 Å². The summed E-state index contributed by atoms with van der Waals surface area (Å²) < 4.78 is 32.4. The third kappa shape index (κ3) is 6.45. The molecule has 0 aliphatic heterocycles. The number of nitrogens with one attached hydrogen (secondary N) is 2. The van der Waals surface area contributed by atoms with E-state index in [0.717, 1.165) is 24.4 Å². The first-order chi connectivity index (χ1) is 15.4. The van der Waals surface area contributed by atoms with Gasteiger partial charge in [0.25, 0.3) is 5.91 Å². The molecule has 0 saturated heterocycles. The molecule has 0 aliphatic rings. The fourth-order valence-corrected chi connectivity index (χ4v) is 3.49. The van der Waals surface area contributed by atoms with E-state index in [1.807, 2.05) is 18.2 Å². The summed E-state index contributed by atoms with van der Waals surface area (Å²) in [5.74, 6) is -1.98. The quantitative estimate of drug-likeness (QED) is 0.448. The second-order valence-electron chi connectivity index (χ2n) is 7.70. The van der Waals surface area contributed by atoms with Crippen LogP contribution in [0.3, 0.4) is 0 Å². The topological polar surface area (TPSA) is 87.4 Å². The van der Waals surface area contributed by atoms with Crippen molar-refractivity contribution in [2.75, 3.05) is 6.54 Å². The molecular weight excluding hydrogens is 416 g/mol. The molecule has 6 nitrogen and oxygen atoms in total. The number of aryl methyl sites for hydroxylation is 2. The maximum atomic E-state index is 13.6. The van der Waals surface area contributed by atoms with Crippen LogP contribution in [0.1, 0.15) is 39.9 Å². The molecule has 3 aromatic rings. The van der Waals surface area contributed by atoms with Crippen LogP contribution in [0.15, 0.2) is 53.3 Å². The number of nitrogens with zero attached hydrogens (tertiary/aromatic N) is 1. The van der Waals surface area contributed by atoms with Crippen LogP contribution >= 0.6 is 0 Å². The van der Waals surface area contributed by atoms with Gasteiger partial charge in [0, 0.05) is 19.2 Å². The second-order valence-corrected chi connectivity index (χ2v) is 7.70. The normalized spacial score (nSPS) is 13.0. The van der Waals surface area contributed by atoms with E-state index in [2.05, 4.69) is 28.6 Å². The van der Waals surface area contributed by atoms with Gasteiger partial charge in [-0.25, -0.2) is 13.8 Å². The molecule has 2 atom stereocenters. The largest absolute Gasteiger partial charge is 0.438 e. The maximum absolute atomic E-state index is 13.6. The number of aliphatic hydroxyl groups is 1. The number of carbonyl (C=O) groups is 1. The lowest BCUT2D eigenvalue weighted by atomic mass is 10.00. The van der Waals surface area contributed by atoms with Crippen LogP contribution in [-0.4, -0.2) is 34.7 Å². The zero-order chi connectivity index (χ0) is 23.1. The van der Waals surface area contributed by atoms with Crippen molar-refractivity contribution in [1.29, 1.82) is 0 Å². The maximum Gasteiger partial charge on any atom is 0.289 e. The van der Waals surface area contributed by atoms with Crippen LogP contribution in [0, 0.1) is 18.6 Å². The van der Waals surface area contributed by atoms with Gasteiger partial charge in [-0.2, -0.15) is 0 Å². The molecule has 0 unspecified atom stereocenters. The first kappa shape index (κ1) is 23.6. The van der Waals surface area contributed by atoms with Gasteiger partial charge in [-0.1, -0.05) is 31.2 Å². The van der Waals surface area contributed by atoms with Crippen molar-refractivity contribution in [2.24, 2.45) is 0 Å². The molecule has 0 saturated carbocycles. The third-order valence-electron chi connectivity index (χ3n) is 5.19. The summed E-state index contributed by atoms with van der Waals surface area (Å²) >= 11 is 0. The number of amides is 1. The molecule has 3 N–H and O–H groups in total. The van der Waals surface area contributed by atoms with Gasteiger partial charge in [-0.3, -0.25) is 4.79 Å². The fraction of sp³-hybridized carbons (Fsp3) is 0.333. The summed E-state index contributed by atoms with van der Waals surface area (Å²) in [5, 5.41) is 16.7. The number of halogens is 2. The monoisotopic (exact) mass is 443 g/mol. The predicted octanol–water partition coefficient (Wildman–Crippen LogP) is 3.32. The Kier molecular flexibility index (Phi) is 8.08. The molecule has 3 rings (SSSR count). The van der Waals surface area contributed by atoms with Crippen molar-refractivity contribution in [1.82, 2.24) is 15.6 Å². The second kappa shape index (κ2) is 11.0. The van der Waals surface area contributed by atoms with Crippen molar-refractivity contribution >= 4 is 5.91 Å². The highest BCUT2D eigenvalue weighted by molar-refractivity contribution is 5.92. The Morgan fingerprint density at radius 1 is 1.12 bits per heavy atom. The lowest BCUT2D eigenvalue weighted by molar-refractivity contribution is 0.0804. The molecular formula is C24H27F2N3O3. The number of aromatic nitrogens is 1. The van der Waals surface area contributed by atoms with Crippen LogP contribution in [0.5, 0.6) is 0 Å². The van der Waals surface area contributed by atoms with Gasteiger partial charge < -0.3 is 20.2 Å². The summed E-state index contributed by atoms with van der Waals surface area (Å²) in [6.07, 6.45) is 1.09. The fourth-order valence-electron chi connectivity index (χ4n) is 3.49. The molecule has 0 bridgehead atoms. The standard InChI is InChI=1S/C24H27F2N3O3/c1-3-16-5-4-6-17(7-16)12-27-13-22(30)21(10-18-8-19(25)11-20(26)9-18)29-24(31)23-15(2)28-14-32-23/h4-9,11,14,21-22,27,30H,3,10,12-13H2,1-2H3,(H,29,31)/t21-,22+/m1/s1. The van der Waals surface area contributed by atoms with Crippen molar-refractivity contribution < 1.29 is 23.1 Å². The summed E-state index contributed by atoms with van der Waals surface area (Å²) in [6.45, 7) is 4.39. The Labute approximate surface area is 185 Å². The van der Waals surface area contributed by atoms with Gasteiger partial charge in [0.2, 0.25) is 5.76 Å². The SMILES string of the molecule is CCc1cccc(CNC[C@H](O)[C@@H](Cc2cc(F)cc(F)c2)NC(=O)c2ocnc2C)c1. The third-order valence-corrected chi connectivity index (χ3v) is 5.19. The molecule has 0 aliphatic carbocycles. The highest BCUT2D eigenvalue weighted by Crippen LogP contribution is 2.14. The van der Waals surface area contributed by atoms with Gasteiger partial charge in [-0.15, -0.1) is 0 Å². The average molecular weight is 443 g/mol. The minimum atomic E-state index is -1.03. The Morgan fingerprint density at radius 2 is 1.84 bits per heavy atom. The molecule has 8 heteroatoms. The zero-order valence-electron chi connectivity index (χ0n) is 18.1. The molecule has 0 radical (unpaired) electrons. The molecule has 1 amide bonds. The van der Waals surface area contributed by atoms with Crippen LogP contribution in [0.25, 0.3) is 0 Å². The average Bonchev–Trinajstić information content (AvgIpc) is 3.18. The Hall–Kier alpha value is -3.10. The summed E-state index contributed by atoms with van der Waals surface area (Å²) in [4.78, 5) is 16.5. The van der Waals surface area contributed by atoms with E-state index >= 15 is 0 Å². The molecule has 0 spiro atoms. The molecule has 1 aromatic heterocycles. The Balaban J connectivity index is 1.69. The highest BCUT2D eigenvalue weighted by Gasteiger charge is 2.25. The number of hydrogen-bond donors (Lipinski definition) is 3. The van der Waals surface area contributed by atoms with E-state index in [-0.39, 0.29) is 18.7 Å². The molecule has 32 heavy (non-hydrogen) atoms. The summed E-state index contributed by atoms with van der Waals surface area (Å²) in [7, 11) is 0. The molecule has 1 heterocycles. The smallest absolute Gasteiger partial charge is 0.289 e. The first-order valence-corrected chi connectivity index (χ1v) is 10.5. The first-order valence-electron chi connectivity index (χ1n) is 10.5. The molecule has 0 fully saturated rings. The van der Waals surface area contributed by atoms with Gasteiger partial charge >= 0.3 is 0 Å². The van der Waals surface area contributed by atoms with E-state index in [1.165, 1.54) is 17.7 Å².